The Kier molecular flexibility index (Phi) is 7.47. The van der Waals surface area contributed by atoms with E-state index in [4.69, 9.17) is 9.47 Å². The summed E-state index contributed by atoms with van der Waals surface area (Å²) >= 11 is 1.57. The van der Waals surface area contributed by atoms with Gasteiger partial charge < -0.3 is 14.4 Å². The van der Waals surface area contributed by atoms with Crippen molar-refractivity contribution in [3.8, 4) is 5.88 Å². The second-order valence-corrected chi connectivity index (χ2v) is 8.10. The van der Waals surface area contributed by atoms with Crippen LogP contribution < -0.4 is 4.74 Å². The van der Waals surface area contributed by atoms with Crippen LogP contribution in [0.4, 0.5) is 4.79 Å². The molecule has 1 amide bonds. The van der Waals surface area contributed by atoms with Crippen LogP contribution in [0.5, 0.6) is 5.88 Å². The van der Waals surface area contributed by atoms with Crippen molar-refractivity contribution in [1.82, 2.24) is 14.9 Å². The number of hydrogen-bond acceptors (Lipinski definition) is 6. The predicted octanol–water partition coefficient (Wildman–Crippen LogP) is 4.32. The Morgan fingerprint density at radius 2 is 1.89 bits per heavy atom. The minimum absolute atomic E-state index is 0.328. The van der Waals surface area contributed by atoms with Gasteiger partial charge in [-0.2, -0.15) is 4.98 Å². The lowest BCUT2D eigenvalue weighted by atomic mass is 10.2. The summed E-state index contributed by atoms with van der Waals surface area (Å²) in [5.74, 6) is 1.31. The summed E-state index contributed by atoms with van der Waals surface area (Å²) in [6.07, 6.45) is -0.371. The smallest absolute Gasteiger partial charge is 0.410 e. The summed E-state index contributed by atoms with van der Waals surface area (Å²) in [7, 11) is 1.68. The van der Waals surface area contributed by atoms with Gasteiger partial charge in [0.2, 0.25) is 5.88 Å². The number of aromatic nitrogens is 2. The third-order valence-electron chi connectivity index (χ3n) is 3.40. The molecule has 7 heteroatoms. The summed E-state index contributed by atoms with van der Waals surface area (Å²) in [6.45, 7) is 8.17. The highest BCUT2D eigenvalue weighted by molar-refractivity contribution is 7.98. The van der Waals surface area contributed by atoms with E-state index in [1.165, 1.54) is 10.5 Å². The van der Waals surface area contributed by atoms with E-state index in [1.807, 2.05) is 45.9 Å². The van der Waals surface area contributed by atoms with Crippen LogP contribution in [0, 0.1) is 6.92 Å². The largest absolute Gasteiger partial charge is 0.476 e. The maximum Gasteiger partial charge on any atom is 0.410 e. The van der Waals surface area contributed by atoms with E-state index in [2.05, 4.69) is 22.1 Å². The number of carbonyl (C=O) groups is 1. The van der Waals surface area contributed by atoms with E-state index in [0.29, 0.717) is 24.2 Å². The maximum atomic E-state index is 11.9. The number of ether oxygens (including phenoxy) is 2. The number of amides is 1. The predicted molar refractivity (Wildman–Crippen MR) is 107 cm³/mol. The molecule has 0 spiro atoms. The van der Waals surface area contributed by atoms with Crippen molar-refractivity contribution in [3.63, 3.8) is 0 Å². The van der Waals surface area contributed by atoms with Gasteiger partial charge in [0.25, 0.3) is 0 Å². The van der Waals surface area contributed by atoms with E-state index < -0.39 is 5.60 Å². The average Bonchev–Trinajstić information content (AvgIpc) is 2.59. The lowest BCUT2D eigenvalue weighted by molar-refractivity contribution is 0.0277. The molecule has 27 heavy (non-hydrogen) atoms. The van der Waals surface area contributed by atoms with Crippen LogP contribution in [-0.2, 0) is 10.5 Å². The molecule has 0 radical (unpaired) electrons. The Labute approximate surface area is 165 Å². The molecule has 0 fully saturated rings. The number of aryl methyl sites for hydroxylation is 1. The van der Waals surface area contributed by atoms with E-state index in [1.54, 1.807) is 24.9 Å². The number of carbonyl (C=O) groups excluding carboxylic acids is 1. The number of rotatable bonds is 7. The highest BCUT2D eigenvalue weighted by atomic mass is 32.2. The normalized spacial score (nSPS) is 11.1. The third kappa shape index (κ3) is 7.86. The molecule has 1 aromatic heterocycles. The quantitative estimate of drug-likeness (QED) is 0.519. The zero-order chi connectivity index (χ0) is 19.9. The maximum absolute atomic E-state index is 11.9. The van der Waals surface area contributed by atoms with E-state index in [9.17, 15) is 4.79 Å². The summed E-state index contributed by atoms with van der Waals surface area (Å²) in [5, 5.41) is 0.675. The standard InChI is InChI=1S/C20H27N3O3S/c1-15-13-17(25-12-11-23(5)19(24)26-20(2,3)4)22-18(21-15)27-14-16-9-7-6-8-10-16/h6-10,13H,11-12,14H2,1-5H3. The zero-order valence-electron chi connectivity index (χ0n) is 16.6. The number of thioether (sulfide) groups is 1. The van der Waals surface area contributed by atoms with Gasteiger partial charge in [-0.3, -0.25) is 0 Å². The van der Waals surface area contributed by atoms with Crippen molar-refractivity contribution >= 4 is 17.9 Å². The Morgan fingerprint density at radius 3 is 2.56 bits per heavy atom. The lowest BCUT2D eigenvalue weighted by Gasteiger charge is -2.24. The Balaban J connectivity index is 1.86. The van der Waals surface area contributed by atoms with Gasteiger partial charge in [-0.15, -0.1) is 0 Å². The van der Waals surface area contributed by atoms with Gasteiger partial charge in [0, 0.05) is 24.6 Å². The first kappa shape index (κ1) is 21.0. The monoisotopic (exact) mass is 389 g/mol. The second-order valence-electron chi connectivity index (χ2n) is 7.15. The minimum atomic E-state index is -0.513. The fraction of sp³-hybridized carbons (Fsp3) is 0.450. The molecule has 2 rings (SSSR count). The molecule has 1 heterocycles. The third-order valence-corrected chi connectivity index (χ3v) is 4.32. The molecule has 2 aromatic rings. The number of hydrogen-bond donors (Lipinski definition) is 0. The number of benzene rings is 1. The first-order valence-electron chi connectivity index (χ1n) is 8.82. The van der Waals surface area contributed by atoms with Crippen molar-refractivity contribution in [2.24, 2.45) is 0 Å². The van der Waals surface area contributed by atoms with Crippen LogP contribution >= 0.6 is 11.8 Å². The molecule has 0 N–H and O–H groups in total. The molecule has 0 aliphatic rings. The first-order chi connectivity index (χ1) is 12.7. The molecule has 1 aromatic carbocycles. The number of nitrogens with zero attached hydrogens (tertiary/aromatic N) is 3. The van der Waals surface area contributed by atoms with E-state index in [-0.39, 0.29) is 6.09 Å². The molecule has 0 atom stereocenters. The summed E-state index contributed by atoms with van der Waals surface area (Å²) in [6, 6.07) is 12.0. The van der Waals surface area contributed by atoms with E-state index >= 15 is 0 Å². The highest BCUT2D eigenvalue weighted by Crippen LogP contribution is 2.22. The van der Waals surface area contributed by atoms with Gasteiger partial charge in [0.1, 0.15) is 12.2 Å². The first-order valence-corrected chi connectivity index (χ1v) is 9.81. The van der Waals surface area contributed by atoms with Crippen LogP contribution in [0.3, 0.4) is 0 Å². The number of likely N-dealkylation sites (N-methyl/N-ethyl adjacent to an activating group) is 1. The molecule has 0 bridgehead atoms. The molecule has 0 saturated heterocycles. The van der Waals surface area contributed by atoms with Gasteiger partial charge in [0.15, 0.2) is 5.16 Å². The Morgan fingerprint density at radius 1 is 1.19 bits per heavy atom. The van der Waals surface area contributed by atoms with Crippen molar-refractivity contribution in [3.05, 3.63) is 47.7 Å². The van der Waals surface area contributed by atoms with Gasteiger partial charge in [-0.1, -0.05) is 42.1 Å². The Hall–Kier alpha value is -2.28. The summed E-state index contributed by atoms with van der Waals surface area (Å²) in [5.41, 5.74) is 1.55. The highest BCUT2D eigenvalue weighted by Gasteiger charge is 2.19. The molecule has 0 aliphatic heterocycles. The SMILES string of the molecule is Cc1cc(OCCN(C)C(=O)OC(C)(C)C)nc(SCc2ccccc2)n1. The van der Waals surface area contributed by atoms with Crippen LogP contribution in [0.25, 0.3) is 0 Å². The summed E-state index contributed by atoms with van der Waals surface area (Å²) in [4.78, 5) is 22.3. The van der Waals surface area contributed by atoms with Crippen LogP contribution in [0.2, 0.25) is 0 Å². The van der Waals surface area contributed by atoms with Gasteiger partial charge >= 0.3 is 6.09 Å². The lowest BCUT2D eigenvalue weighted by Crippen LogP contribution is -2.36. The van der Waals surface area contributed by atoms with Crippen molar-refractivity contribution in [2.45, 2.75) is 44.2 Å². The molecule has 6 nitrogen and oxygen atoms in total. The van der Waals surface area contributed by atoms with Gasteiger partial charge in [0.05, 0.1) is 6.54 Å². The molecule has 0 saturated carbocycles. The second kappa shape index (κ2) is 9.60. The van der Waals surface area contributed by atoms with Crippen LogP contribution in [0.15, 0.2) is 41.6 Å². The van der Waals surface area contributed by atoms with Gasteiger partial charge in [-0.05, 0) is 33.3 Å². The van der Waals surface area contributed by atoms with Gasteiger partial charge in [-0.25, -0.2) is 9.78 Å². The van der Waals surface area contributed by atoms with Crippen molar-refractivity contribution in [2.75, 3.05) is 20.2 Å². The topological polar surface area (TPSA) is 64.5 Å². The van der Waals surface area contributed by atoms with Crippen molar-refractivity contribution < 1.29 is 14.3 Å². The molecule has 146 valence electrons. The minimum Gasteiger partial charge on any atom is -0.476 e. The summed E-state index contributed by atoms with van der Waals surface area (Å²) < 4.78 is 11.0. The van der Waals surface area contributed by atoms with Crippen LogP contribution in [-0.4, -0.2) is 46.8 Å². The van der Waals surface area contributed by atoms with E-state index in [0.717, 1.165) is 11.4 Å². The van der Waals surface area contributed by atoms with Crippen LogP contribution in [0.1, 0.15) is 32.0 Å². The Bertz CT molecular complexity index is 748. The molecular weight excluding hydrogens is 362 g/mol. The average molecular weight is 390 g/mol. The fourth-order valence-electron chi connectivity index (χ4n) is 2.09. The molecule has 0 unspecified atom stereocenters. The fourth-order valence-corrected chi connectivity index (χ4v) is 2.94. The molecular formula is C20H27N3O3S. The molecule has 0 aliphatic carbocycles. The van der Waals surface area contributed by atoms with Crippen molar-refractivity contribution in [1.29, 1.82) is 0 Å². The zero-order valence-corrected chi connectivity index (χ0v) is 17.4.